The molecule has 0 spiro atoms. The van der Waals surface area contributed by atoms with Gasteiger partial charge in [-0.15, -0.1) is 17.5 Å². The zero-order valence-electron chi connectivity index (χ0n) is 12.6. The molecular weight excluding hydrogens is 310 g/mol. The molecule has 0 bridgehead atoms. The summed E-state index contributed by atoms with van der Waals surface area (Å²) in [5, 5.41) is 0. The molecule has 1 rings (SSSR count). The normalized spacial score (nSPS) is 9.30. The van der Waals surface area contributed by atoms with Crippen LogP contribution in [0.4, 0.5) is 0 Å². The Morgan fingerprint density at radius 2 is 1.85 bits per heavy atom. The minimum atomic E-state index is -0.289. The SMILES string of the molecule is CC(C)(C)[C-]=O.[CH2-]c1cccc(C(=O)OCC)c1.[O]=[Zn]. The Hall–Kier alpha value is -1.35. The van der Waals surface area contributed by atoms with E-state index in [0.29, 0.717) is 12.2 Å². The van der Waals surface area contributed by atoms with Crippen molar-refractivity contribution < 1.29 is 36.2 Å². The zero-order valence-corrected chi connectivity index (χ0v) is 15.5. The van der Waals surface area contributed by atoms with Crippen LogP contribution < -0.4 is 0 Å². The molecule has 0 unspecified atom stereocenters. The van der Waals surface area contributed by atoms with E-state index in [1.807, 2.05) is 33.1 Å². The molecule has 4 nitrogen and oxygen atoms in total. The Balaban J connectivity index is 0. The van der Waals surface area contributed by atoms with E-state index in [1.54, 1.807) is 25.1 Å². The number of carbonyl (C=O) groups is 1. The summed E-state index contributed by atoms with van der Waals surface area (Å²) in [4.78, 5) is 20.8. The van der Waals surface area contributed by atoms with Crippen LogP contribution in [0.15, 0.2) is 24.3 Å². The van der Waals surface area contributed by atoms with Gasteiger partial charge in [0.05, 0.1) is 6.61 Å². The maximum atomic E-state index is 11.1. The number of benzene rings is 1. The molecule has 0 atom stereocenters. The van der Waals surface area contributed by atoms with E-state index in [0.717, 1.165) is 5.56 Å². The number of ether oxygens (including phenoxy) is 1. The molecule has 0 aliphatic rings. The Kier molecular flexibility index (Phi) is 12.0. The second-order valence-corrected chi connectivity index (χ2v) is 4.77. The molecule has 0 heterocycles. The second-order valence-electron chi connectivity index (χ2n) is 4.77. The molecule has 0 saturated heterocycles. The molecule has 0 radical (unpaired) electrons. The quantitative estimate of drug-likeness (QED) is 0.475. The molecule has 108 valence electrons. The Morgan fingerprint density at radius 1 is 1.35 bits per heavy atom. The molecule has 1 aromatic carbocycles. The van der Waals surface area contributed by atoms with Crippen molar-refractivity contribution in [2.75, 3.05) is 6.61 Å². The third-order valence-electron chi connectivity index (χ3n) is 1.74. The topological polar surface area (TPSA) is 60.4 Å². The van der Waals surface area contributed by atoms with Crippen molar-refractivity contribution in [1.29, 1.82) is 0 Å². The predicted octanol–water partition coefficient (Wildman–Crippen LogP) is 3.07. The van der Waals surface area contributed by atoms with E-state index in [-0.39, 0.29) is 29.6 Å². The van der Waals surface area contributed by atoms with Gasteiger partial charge >= 0.3 is 27.8 Å². The summed E-state index contributed by atoms with van der Waals surface area (Å²) in [5.74, 6) is -0.289. The van der Waals surface area contributed by atoms with Crippen molar-refractivity contribution in [2.24, 2.45) is 5.41 Å². The first-order chi connectivity index (χ1) is 9.30. The number of hydrogen-bond donors (Lipinski definition) is 0. The summed E-state index contributed by atoms with van der Waals surface area (Å²) in [6.45, 7) is 11.4. The van der Waals surface area contributed by atoms with Gasteiger partial charge in [0.2, 0.25) is 0 Å². The van der Waals surface area contributed by atoms with E-state index in [9.17, 15) is 9.59 Å². The molecule has 0 N–H and O–H groups in total. The van der Waals surface area contributed by atoms with Crippen LogP contribution in [0.1, 0.15) is 43.6 Å². The van der Waals surface area contributed by atoms with Crippen LogP contribution in [0.3, 0.4) is 0 Å². The summed E-state index contributed by atoms with van der Waals surface area (Å²) in [6, 6.07) is 7.04. The number of hydrogen-bond acceptors (Lipinski definition) is 4. The first kappa shape index (κ1) is 21.0. The van der Waals surface area contributed by atoms with Crippen LogP contribution >= 0.6 is 0 Å². The fourth-order valence-corrected chi connectivity index (χ4v) is 0.913. The van der Waals surface area contributed by atoms with E-state index in [2.05, 4.69) is 6.92 Å². The van der Waals surface area contributed by atoms with E-state index < -0.39 is 0 Å². The minimum absolute atomic E-state index is 0.125. The maximum absolute atomic E-state index is 11.1. The summed E-state index contributed by atoms with van der Waals surface area (Å²) < 4.78 is 13.2. The molecule has 0 aliphatic heterocycles. The summed E-state index contributed by atoms with van der Waals surface area (Å²) in [7, 11) is 0. The summed E-state index contributed by atoms with van der Waals surface area (Å²) in [6.07, 6.45) is 1.85. The first-order valence-corrected chi connectivity index (χ1v) is 7.28. The van der Waals surface area contributed by atoms with Crippen LogP contribution in [0.2, 0.25) is 0 Å². The second kappa shape index (κ2) is 11.5. The van der Waals surface area contributed by atoms with Gasteiger partial charge in [0, 0.05) is 5.56 Å². The standard InChI is InChI=1S/C10H11O2.C5H9O.O.Zn/c1-3-12-10(11)9-6-4-5-8(2)7-9;1-5(2,3)4-6;;/h4-7H,2-3H2,1H3;1-3H3;;/q2*-1;;. The monoisotopic (exact) mass is 328 g/mol. The Bertz CT molecular complexity index is 411. The molecule has 0 aromatic heterocycles. The van der Waals surface area contributed by atoms with Crippen LogP contribution in [-0.2, 0) is 31.4 Å². The van der Waals surface area contributed by atoms with Gasteiger partial charge in [-0.3, -0.25) is 6.29 Å². The van der Waals surface area contributed by atoms with Crippen LogP contribution in [0.25, 0.3) is 0 Å². The Labute approximate surface area is 130 Å². The van der Waals surface area contributed by atoms with Gasteiger partial charge in [-0.1, -0.05) is 26.8 Å². The number of rotatable bonds is 2. The Morgan fingerprint density at radius 3 is 2.20 bits per heavy atom. The van der Waals surface area contributed by atoms with Crippen molar-refractivity contribution in [3.63, 3.8) is 0 Å². The van der Waals surface area contributed by atoms with Crippen LogP contribution in [0, 0.1) is 12.3 Å². The fraction of sp³-hybridized carbons (Fsp3) is 0.400. The predicted molar refractivity (Wildman–Crippen MR) is 72.7 cm³/mol. The molecule has 5 heteroatoms. The van der Waals surface area contributed by atoms with E-state index >= 15 is 0 Å². The fourth-order valence-electron chi connectivity index (χ4n) is 0.913. The van der Waals surface area contributed by atoms with Crippen molar-refractivity contribution in [2.45, 2.75) is 27.7 Å². The summed E-state index contributed by atoms with van der Waals surface area (Å²) >= 11 is 0.125. The van der Waals surface area contributed by atoms with Gasteiger partial charge in [0.15, 0.2) is 0 Å². The average molecular weight is 330 g/mol. The molecule has 20 heavy (non-hydrogen) atoms. The number of carbonyl (C=O) groups excluding carboxylic acids is 2. The third kappa shape index (κ3) is 11.7. The van der Waals surface area contributed by atoms with Gasteiger partial charge in [-0.25, -0.2) is 4.79 Å². The van der Waals surface area contributed by atoms with Crippen molar-refractivity contribution in [3.8, 4) is 0 Å². The van der Waals surface area contributed by atoms with Gasteiger partial charge in [0.1, 0.15) is 0 Å². The molecular formula is C15H20O4Zn-2. The molecule has 0 fully saturated rings. The van der Waals surface area contributed by atoms with Crippen molar-refractivity contribution >= 4 is 12.3 Å². The molecule has 0 saturated carbocycles. The molecule has 0 aliphatic carbocycles. The van der Waals surface area contributed by atoms with Crippen LogP contribution in [-0.4, -0.2) is 18.9 Å². The zero-order chi connectivity index (χ0) is 16.2. The number of esters is 1. The molecule has 1 aromatic rings. The first-order valence-electron chi connectivity index (χ1n) is 6.07. The van der Waals surface area contributed by atoms with Gasteiger partial charge < -0.3 is 9.53 Å². The van der Waals surface area contributed by atoms with E-state index in [4.69, 9.17) is 8.31 Å². The third-order valence-corrected chi connectivity index (χ3v) is 1.74. The van der Waals surface area contributed by atoms with Gasteiger partial charge in [-0.2, -0.15) is 18.6 Å². The van der Waals surface area contributed by atoms with Crippen molar-refractivity contribution in [1.82, 2.24) is 0 Å². The van der Waals surface area contributed by atoms with Gasteiger partial charge in [-0.05, 0) is 6.92 Å². The van der Waals surface area contributed by atoms with E-state index in [1.165, 1.54) is 0 Å². The van der Waals surface area contributed by atoms with Crippen molar-refractivity contribution in [3.05, 3.63) is 42.3 Å². The molecule has 0 amide bonds. The average Bonchev–Trinajstić information content (AvgIpc) is 2.41. The summed E-state index contributed by atoms with van der Waals surface area (Å²) in [5.41, 5.74) is 1.12. The van der Waals surface area contributed by atoms with Gasteiger partial charge in [0.25, 0.3) is 0 Å². The van der Waals surface area contributed by atoms with Crippen LogP contribution in [0.5, 0.6) is 0 Å².